The van der Waals surface area contributed by atoms with Gasteiger partial charge in [0.1, 0.15) is 0 Å². The lowest BCUT2D eigenvalue weighted by Gasteiger charge is -2.21. The van der Waals surface area contributed by atoms with Gasteiger partial charge in [0.2, 0.25) is 5.91 Å². The van der Waals surface area contributed by atoms with Gasteiger partial charge >= 0.3 is 0 Å². The number of hydrogen-bond donors (Lipinski definition) is 4. The molecule has 0 heterocycles. The van der Waals surface area contributed by atoms with Gasteiger partial charge in [-0.05, 0) is 32.1 Å². The molecule has 0 rings (SSSR count). The highest BCUT2D eigenvalue weighted by molar-refractivity contribution is 5.76. The minimum atomic E-state index is -0.947. The maximum atomic E-state index is 12.4. The van der Waals surface area contributed by atoms with Gasteiger partial charge in [-0.15, -0.1) is 0 Å². The van der Waals surface area contributed by atoms with Gasteiger partial charge in [0, 0.05) is 0 Å². The van der Waals surface area contributed by atoms with Crippen LogP contribution in [0.2, 0.25) is 0 Å². The number of rotatable bonds is 49. The Hall–Kier alpha value is -1.17. The van der Waals surface area contributed by atoms with E-state index in [0.29, 0.717) is 6.42 Å². The number of hydrogen-bond acceptors (Lipinski definition) is 4. The summed E-state index contributed by atoms with van der Waals surface area (Å²) in [5.74, 6) is -0.324. The van der Waals surface area contributed by atoms with Gasteiger partial charge in [0.15, 0.2) is 0 Å². The van der Waals surface area contributed by atoms with Crippen molar-refractivity contribution in [3.63, 3.8) is 0 Å². The summed E-state index contributed by atoms with van der Waals surface area (Å²) >= 11 is 0. The topological polar surface area (TPSA) is 89.8 Å². The molecule has 0 aromatic rings. The molecule has 0 radical (unpaired) electrons. The molecule has 5 heteroatoms. The SMILES string of the molecule is CCCCC/C=C/CC/C=C/C(O)C(CO)NC(=O)CC(O)CCCCCCCCCCCCCCCCCCCCCCCCCCCCCCCCCCCCC. The molecular formula is C54H105NO4. The van der Waals surface area contributed by atoms with Crippen LogP contribution in [0.4, 0.5) is 0 Å². The molecule has 0 bridgehead atoms. The highest BCUT2D eigenvalue weighted by atomic mass is 16.3. The van der Waals surface area contributed by atoms with Crippen molar-refractivity contribution in [2.45, 2.75) is 308 Å². The molecule has 0 saturated heterocycles. The summed E-state index contributed by atoms with van der Waals surface area (Å²) in [5.41, 5.74) is 0. The minimum absolute atomic E-state index is 0.00935. The first-order valence-corrected chi connectivity index (χ1v) is 26.6. The maximum absolute atomic E-state index is 12.4. The fourth-order valence-electron chi connectivity index (χ4n) is 8.42. The van der Waals surface area contributed by atoms with Crippen LogP contribution < -0.4 is 5.32 Å². The van der Waals surface area contributed by atoms with Crippen LogP contribution in [0.15, 0.2) is 24.3 Å². The van der Waals surface area contributed by atoms with Crippen molar-refractivity contribution in [1.82, 2.24) is 5.32 Å². The van der Waals surface area contributed by atoms with Crippen LogP contribution in [0, 0.1) is 0 Å². The van der Waals surface area contributed by atoms with Gasteiger partial charge in [-0.3, -0.25) is 4.79 Å². The number of amides is 1. The van der Waals surface area contributed by atoms with E-state index in [4.69, 9.17) is 0 Å². The largest absolute Gasteiger partial charge is 0.394 e. The molecule has 0 aliphatic heterocycles. The summed E-state index contributed by atoms with van der Waals surface area (Å²) in [6.07, 6.45) is 62.6. The molecule has 0 saturated carbocycles. The van der Waals surface area contributed by atoms with Crippen molar-refractivity contribution in [2.75, 3.05) is 6.61 Å². The first-order chi connectivity index (χ1) is 29.0. The molecule has 5 nitrogen and oxygen atoms in total. The van der Waals surface area contributed by atoms with Crippen LogP contribution in [-0.2, 0) is 4.79 Å². The highest BCUT2D eigenvalue weighted by Gasteiger charge is 2.20. The third-order valence-corrected chi connectivity index (χ3v) is 12.5. The van der Waals surface area contributed by atoms with Crippen molar-refractivity contribution < 1.29 is 20.1 Å². The van der Waals surface area contributed by atoms with E-state index in [-0.39, 0.29) is 18.9 Å². The van der Waals surface area contributed by atoms with Crippen molar-refractivity contribution in [3.8, 4) is 0 Å². The third-order valence-electron chi connectivity index (χ3n) is 12.5. The van der Waals surface area contributed by atoms with E-state index in [9.17, 15) is 20.1 Å². The van der Waals surface area contributed by atoms with Crippen molar-refractivity contribution in [1.29, 1.82) is 0 Å². The molecule has 350 valence electrons. The van der Waals surface area contributed by atoms with Gasteiger partial charge in [-0.2, -0.15) is 0 Å². The summed E-state index contributed by atoms with van der Waals surface area (Å²) in [6.45, 7) is 4.17. The number of carbonyl (C=O) groups excluding carboxylic acids is 1. The normalized spacial score (nSPS) is 13.5. The van der Waals surface area contributed by atoms with Gasteiger partial charge in [-0.25, -0.2) is 0 Å². The van der Waals surface area contributed by atoms with E-state index < -0.39 is 18.2 Å². The first kappa shape index (κ1) is 57.8. The van der Waals surface area contributed by atoms with Crippen LogP contribution in [0.3, 0.4) is 0 Å². The van der Waals surface area contributed by atoms with E-state index in [0.717, 1.165) is 32.1 Å². The predicted molar refractivity (Wildman–Crippen MR) is 259 cm³/mol. The Morgan fingerprint density at radius 1 is 0.424 bits per heavy atom. The van der Waals surface area contributed by atoms with E-state index in [1.54, 1.807) is 6.08 Å². The second-order valence-electron chi connectivity index (χ2n) is 18.5. The fraction of sp³-hybridized carbons (Fsp3) is 0.907. The van der Waals surface area contributed by atoms with E-state index in [2.05, 4.69) is 31.3 Å². The number of allylic oxidation sites excluding steroid dienone is 3. The molecule has 0 fully saturated rings. The molecule has 59 heavy (non-hydrogen) atoms. The summed E-state index contributed by atoms with van der Waals surface area (Å²) < 4.78 is 0. The number of unbranched alkanes of at least 4 members (excludes halogenated alkanes) is 38. The lowest BCUT2D eigenvalue weighted by atomic mass is 10.0. The van der Waals surface area contributed by atoms with Crippen LogP contribution in [-0.4, -0.2) is 46.1 Å². The first-order valence-electron chi connectivity index (χ1n) is 26.6. The van der Waals surface area contributed by atoms with E-state index in [1.165, 1.54) is 231 Å². The van der Waals surface area contributed by atoms with Gasteiger partial charge in [0.25, 0.3) is 0 Å². The molecule has 3 unspecified atom stereocenters. The molecule has 0 aliphatic rings. The zero-order valence-corrected chi connectivity index (χ0v) is 39.9. The number of nitrogens with one attached hydrogen (secondary N) is 1. The summed E-state index contributed by atoms with van der Waals surface area (Å²) in [4.78, 5) is 12.4. The number of carbonyl (C=O) groups is 1. The van der Waals surface area contributed by atoms with Crippen LogP contribution >= 0.6 is 0 Å². The third kappa shape index (κ3) is 46.2. The van der Waals surface area contributed by atoms with E-state index >= 15 is 0 Å². The van der Waals surface area contributed by atoms with Crippen molar-refractivity contribution >= 4 is 5.91 Å². The zero-order valence-electron chi connectivity index (χ0n) is 39.9. The Labute approximate surface area is 369 Å². The molecule has 0 aromatic carbocycles. The Bertz CT molecular complexity index is 874. The van der Waals surface area contributed by atoms with Crippen LogP contribution in [0.5, 0.6) is 0 Å². The van der Waals surface area contributed by atoms with Gasteiger partial charge in [-0.1, -0.05) is 276 Å². The summed E-state index contributed by atoms with van der Waals surface area (Å²) in [5, 5.41) is 33.1. The Morgan fingerprint density at radius 3 is 1.08 bits per heavy atom. The quantitative estimate of drug-likeness (QED) is 0.0363. The zero-order chi connectivity index (χ0) is 43.0. The summed E-state index contributed by atoms with van der Waals surface area (Å²) in [7, 11) is 0. The molecule has 0 spiro atoms. The molecule has 0 aromatic heterocycles. The van der Waals surface area contributed by atoms with E-state index in [1.807, 2.05) is 6.08 Å². The Kier molecular flexibility index (Phi) is 48.5. The molecule has 1 amide bonds. The van der Waals surface area contributed by atoms with Crippen molar-refractivity contribution in [2.24, 2.45) is 0 Å². The van der Waals surface area contributed by atoms with Crippen molar-refractivity contribution in [3.05, 3.63) is 24.3 Å². The standard InChI is InChI=1S/C54H105NO4/c1-3-5-7-9-11-13-14-15-16-17-18-19-20-21-22-23-24-25-26-27-28-29-30-31-32-33-34-35-36-37-38-40-41-43-45-47-51(57)49-54(59)55-52(50-56)53(58)48-46-44-42-39-12-10-8-6-4-2/h12,39,46,48,51-53,56-58H,3-11,13-38,40-45,47,49-50H2,1-2H3,(H,55,59)/b39-12+,48-46+. The highest BCUT2D eigenvalue weighted by Crippen LogP contribution is 2.18. The Morgan fingerprint density at radius 2 is 0.729 bits per heavy atom. The second-order valence-corrected chi connectivity index (χ2v) is 18.5. The van der Waals surface area contributed by atoms with Gasteiger partial charge < -0.3 is 20.6 Å². The van der Waals surface area contributed by atoms with Crippen LogP contribution in [0.25, 0.3) is 0 Å². The molecular weight excluding hydrogens is 727 g/mol. The number of aliphatic hydroxyl groups is 3. The Balaban J connectivity index is 3.40. The van der Waals surface area contributed by atoms with Crippen LogP contribution in [0.1, 0.15) is 290 Å². The monoisotopic (exact) mass is 832 g/mol. The lowest BCUT2D eigenvalue weighted by molar-refractivity contribution is -0.124. The maximum Gasteiger partial charge on any atom is 0.222 e. The average Bonchev–Trinajstić information content (AvgIpc) is 3.23. The van der Waals surface area contributed by atoms with Gasteiger partial charge in [0.05, 0.1) is 31.3 Å². The predicted octanol–water partition coefficient (Wildman–Crippen LogP) is 16.1. The second kappa shape index (κ2) is 49.5. The fourth-order valence-corrected chi connectivity index (χ4v) is 8.42. The minimum Gasteiger partial charge on any atom is -0.394 e. The average molecular weight is 832 g/mol. The number of aliphatic hydroxyl groups excluding tert-OH is 3. The molecule has 4 N–H and O–H groups in total. The summed E-state index contributed by atoms with van der Waals surface area (Å²) in [6, 6.07) is -0.756. The molecule has 3 atom stereocenters. The lowest BCUT2D eigenvalue weighted by Crippen LogP contribution is -2.45. The molecule has 0 aliphatic carbocycles. The smallest absolute Gasteiger partial charge is 0.222 e.